The fraction of sp³-hybridized carbons (Fsp3) is 0.545. The molecule has 0 spiro atoms. The average Bonchev–Trinajstić information content (AvgIpc) is 2.29. The van der Waals surface area contributed by atoms with Crippen LogP contribution in [0.15, 0.2) is 28.0 Å². The first-order chi connectivity index (χ1) is 8.02. The zero-order valence-electron chi connectivity index (χ0n) is 10.1. The summed E-state index contributed by atoms with van der Waals surface area (Å²) in [6.07, 6.45) is 2.78. The van der Waals surface area contributed by atoms with Gasteiger partial charge in [0.2, 0.25) is 15.6 Å². The van der Waals surface area contributed by atoms with E-state index in [0.29, 0.717) is 13.1 Å². The fourth-order valence-corrected chi connectivity index (χ4v) is 3.15. The summed E-state index contributed by atoms with van der Waals surface area (Å²) in [5.41, 5.74) is -0.304. The molecule has 0 aliphatic rings. The van der Waals surface area contributed by atoms with Crippen molar-refractivity contribution in [1.29, 1.82) is 0 Å². The Kier molecular flexibility index (Phi) is 4.89. The Hall–Kier alpha value is -1.14. The van der Waals surface area contributed by atoms with E-state index < -0.39 is 10.0 Å². The number of nitrogens with one attached hydrogen (secondary N) is 1. The third-order valence-corrected chi connectivity index (χ3v) is 4.23. The predicted molar refractivity (Wildman–Crippen MR) is 66.4 cm³/mol. The van der Waals surface area contributed by atoms with Gasteiger partial charge in [-0.15, -0.1) is 0 Å². The lowest BCUT2D eigenvalue weighted by atomic mass is 10.4. The molecule has 0 aliphatic carbocycles. The van der Waals surface area contributed by atoms with Crippen LogP contribution in [0, 0.1) is 0 Å². The maximum atomic E-state index is 12.2. The molecule has 1 heterocycles. The molecular formula is C11H18N2O3S. The van der Waals surface area contributed by atoms with E-state index >= 15 is 0 Å². The largest absolute Gasteiger partial charge is 0.328 e. The van der Waals surface area contributed by atoms with Crippen molar-refractivity contribution < 1.29 is 8.42 Å². The molecule has 96 valence electrons. The van der Waals surface area contributed by atoms with Crippen LogP contribution in [0.1, 0.15) is 26.7 Å². The molecule has 6 heteroatoms. The Labute approximate surface area is 102 Å². The van der Waals surface area contributed by atoms with Gasteiger partial charge in [-0.3, -0.25) is 4.79 Å². The van der Waals surface area contributed by atoms with E-state index in [4.69, 9.17) is 0 Å². The van der Waals surface area contributed by atoms with Crippen LogP contribution in [-0.4, -0.2) is 30.8 Å². The predicted octanol–water partition coefficient (Wildman–Crippen LogP) is 1.19. The lowest BCUT2D eigenvalue weighted by Crippen LogP contribution is -2.32. The Morgan fingerprint density at radius 2 is 1.76 bits per heavy atom. The van der Waals surface area contributed by atoms with Gasteiger partial charge in [-0.05, 0) is 18.9 Å². The van der Waals surface area contributed by atoms with Crippen molar-refractivity contribution in [2.75, 3.05) is 13.1 Å². The number of hydrogen-bond acceptors (Lipinski definition) is 3. The van der Waals surface area contributed by atoms with Gasteiger partial charge >= 0.3 is 0 Å². The molecule has 0 fully saturated rings. The van der Waals surface area contributed by atoms with Gasteiger partial charge in [-0.25, -0.2) is 8.42 Å². The maximum Gasteiger partial charge on any atom is 0.247 e. The zero-order valence-corrected chi connectivity index (χ0v) is 11.0. The molecule has 0 bridgehead atoms. The molecule has 1 aromatic heterocycles. The highest BCUT2D eigenvalue weighted by Crippen LogP contribution is 2.14. The smallest absolute Gasteiger partial charge is 0.247 e. The number of H-pyrrole nitrogens is 1. The van der Waals surface area contributed by atoms with E-state index in [-0.39, 0.29) is 10.5 Å². The quantitative estimate of drug-likeness (QED) is 0.833. The summed E-state index contributed by atoms with van der Waals surface area (Å²) in [5, 5.41) is 0. The summed E-state index contributed by atoms with van der Waals surface area (Å²) < 4.78 is 25.9. The van der Waals surface area contributed by atoms with Crippen LogP contribution in [0.2, 0.25) is 0 Å². The highest BCUT2D eigenvalue weighted by atomic mass is 32.2. The first kappa shape index (κ1) is 13.9. The van der Waals surface area contributed by atoms with E-state index in [9.17, 15) is 13.2 Å². The molecule has 0 saturated heterocycles. The third-order valence-electron chi connectivity index (χ3n) is 2.34. The number of hydrogen-bond donors (Lipinski definition) is 1. The molecule has 5 nitrogen and oxygen atoms in total. The van der Waals surface area contributed by atoms with Crippen LogP contribution in [0.3, 0.4) is 0 Å². The van der Waals surface area contributed by atoms with E-state index in [1.54, 1.807) is 0 Å². The van der Waals surface area contributed by atoms with Crippen molar-refractivity contribution in [3.63, 3.8) is 0 Å². The first-order valence-corrected chi connectivity index (χ1v) is 7.15. The van der Waals surface area contributed by atoms with Crippen LogP contribution < -0.4 is 5.56 Å². The summed E-state index contributed by atoms with van der Waals surface area (Å²) >= 11 is 0. The average molecular weight is 258 g/mol. The number of sulfonamides is 1. The fourth-order valence-electron chi connectivity index (χ4n) is 1.56. The summed E-state index contributed by atoms with van der Waals surface area (Å²) in [4.78, 5) is 13.4. The SMILES string of the molecule is CCCN(CCC)S(=O)(=O)c1ccc(=O)[nH]c1. The van der Waals surface area contributed by atoms with Gasteiger partial charge < -0.3 is 4.98 Å². The molecule has 0 aromatic carbocycles. The second-order valence-electron chi connectivity index (χ2n) is 3.79. The Morgan fingerprint density at radius 1 is 1.18 bits per heavy atom. The van der Waals surface area contributed by atoms with Crippen molar-refractivity contribution in [2.45, 2.75) is 31.6 Å². The highest BCUT2D eigenvalue weighted by Gasteiger charge is 2.22. The van der Waals surface area contributed by atoms with Gasteiger partial charge in [-0.2, -0.15) is 4.31 Å². The third kappa shape index (κ3) is 3.41. The number of pyridine rings is 1. The summed E-state index contributed by atoms with van der Waals surface area (Å²) in [6, 6.07) is 2.56. The second-order valence-corrected chi connectivity index (χ2v) is 5.73. The van der Waals surface area contributed by atoms with Crippen LogP contribution in [0.4, 0.5) is 0 Å². The van der Waals surface area contributed by atoms with Crippen molar-refractivity contribution in [2.24, 2.45) is 0 Å². The molecule has 0 radical (unpaired) electrons. The lowest BCUT2D eigenvalue weighted by Gasteiger charge is -2.20. The minimum absolute atomic E-state index is 0.138. The van der Waals surface area contributed by atoms with Crippen molar-refractivity contribution in [3.8, 4) is 0 Å². The van der Waals surface area contributed by atoms with Gasteiger partial charge in [0.1, 0.15) is 0 Å². The molecule has 17 heavy (non-hydrogen) atoms. The Morgan fingerprint density at radius 3 is 2.18 bits per heavy atom. The normalized spacial score (nSPS) is 11.9. The molecule has 0 amide bonds. The van der Waals surface area contributed by atoms with Gasteiger partial charge in [-0.1, -0.05) is 13.8 Å². The zero-order chi connectivity index (χ0) is 12.9. The van der Waals surface area contributed by atoms with Gasteiger partial charge in [0.05, 0.1) is 4.90 Å². The molecule has 0 saturated carbocycles. The highest BCUT2D eigenvalue weighted by molar-refractivity contribution is 7.89. The van der Waals surface area contributed by atoms with Crippen LogP contribution in [-0.2, 0) is 10.0 Å². The number of rotatable bonds is 6. The number of nitrogens with zero attached hydrogens (tertiary/aromatic N) is 1. The van der Waals surface area contributed by atoms with Gasteiger partial charge in [0, 0.05) is 25.4 Å². The first-order valence-electron chi connectivity index (χ1n) is 5.71. The second kappa shape index (κ2) is 5.97. The van der Waals surface area contributed by atoms with E-state index in [2.05, 4.69) is 4.98 Å². The van der Waals surface area contributed by atoms with Crippen molar-refractivity contribution in [1.82, 2.24) is 9.29 Å². The molecule has 0 atom stereocenters. The number of aromatic amines is 1. The molecule has 0 unspecified atom stereocenters. The maximum absolute atomic E-state index is 12.2. The van der Waals surface area contributed by atoms with Crippen molar-refractivity contribution in [3.05, 3.63) is 28.7 Å². The molecular weight excluding hydrogens is 240 g/mol. The lowest BCUT2D eigenvalue weighted by molar-refractivity contribution is 0.409. The van der Waals surface area contributed by atoms with Crippen LogP contribution in [0.25, 0.3) is 0 Å². The molecule has 0 aliphatic heterocycles. The molecule has 1 aromatic rings. The minimum atomic E-state index is -3.48. The van der Waals surface area contributed by atoms with E-state index in [0.717, 1.165) is 12.8 Å². The molecule has 1 rings (SSSR count). The Bertz CT molecular complexity index is 481. The van der Waals surface area contributed by atoms with Crippen LogP contribution >= 0.6 is 0 Å². The summed E-state index contributed by atoms with van der Waals surface area (Å²) in [6.45, 7) is 4.86. The van der Waals surface area contributed by atoms with E-state index in [1.165, 1.54) is 22.6 Å². The topological polar surface area (TPSA) is 70.2 Å². The Balaban J connectivity index is 3.06. The minimum Gasteiger partial charge on any atom is -0.328 e. The molecule has 1 N–H and O–H groups in total. The van der Waals surface area contributed by atoms with Gasteiger partial charge in [0.15, 0.2) is 0 Å². The standard InChI is InChI=1S/C11H18N2O3S/c1-3-7-13(8-4-2)17(15,16)10-5-6-11(14)12-9-10/h5-6,9H,3-4,7-8H2,1-2H3,(H,12,14). The van der Waals surface area contributed by atoms with Crippen LogP contribution in [0.5, 0.6) is 0 Å². The summed E-state index contributed by atoms with van der Waals surface area (Å²) in [7, 11) is -3.48. The van der Waals surface area contributed by atoms with Gasteiger partial charge in [0.25, 0.3) is 0 Å². The van der Waals surface area contributed by atoms with Crippen molar-refractivity contribution >= 4 is 10.0 Å². The monoisotopic (exact) mass is 258 g/mol. The van der Waals surface area contributed by atoms with E-state index in [1.807, 2.05) is 13.8 Å². The number of aromatic nitrogens is 1. The summed E-state index contributed by atoms with van der Waals surface area (Å²) in [5.74, 6) is 0.